The molecule has 0 saturated carbocycles. The zero-order valence-electron chi connectivity index (χ0n) is 23.5. The van der Waals surface area contributed by atoms with Gasteiger partial charge in [-0.2, -0.15) is 0 Å². The first-order valence-electron chi connectivity index (χ1n) is 14.1. The zero-order chi connectivity index (χ0) is 33.3. The lowest BCUT2D eigenvalue weighted by atomic mass is 9.97. The van der Waals surface area contributed by atoms with Gasteiger partial charge in [-0.25, -0.2) is 0 Å². The van der Waals surface area contributed by atoms with Crippen LogP contribution in [0.3, 0.4) is 0 Å². The summed E-state index contributed by atoms with van der Waals surface area (Å²) < 4.78 is 37.2. The number of hydrogen-bond donors (Lipinski definition) is 14. The molecule has 20 atom stereocenters. The summed E-state index contributed by atoms with van der Waals surface area (Å²) in [6.07, 6.45) is -34.7. The normalized spacial score (nSPS) is 52.9. The van der Waals surface area contributed by atoms with E-state index < -0.39 is 149 Å². The van der Waals surface area contributed by atoms with Crippen LogP contribution < -0.4 is 0 Å². The Morgan fingerprint density at radius 3 is 1.22 bits per heavy atom. The second-order valence-electron chi connectivity index (χ2n) is 11.2. The van der Waals surface area contributed by atoms with Crippen molar-refractivity contribution in [3.05, 3.63) is 0 Å². The van der Waals surface area contributed by atoms with E-state index in [9.17, 15) is 71.5 Å². The summed E-state index contributed by atoms with van der Waals surface area (Å²) in [5.41, 5.74) is 0. The summed E-state index contributed by atoms with van der Waals surface area (Å²) in [6, 6.07) is 0. The van der Waals surface area contributed by atoms with Gasteiger partial charge in [0.2, 0.25) is 0 Å². The molecule has 4 fully saturated rings. The van der Waals surface area contributed by atoms with Crippen LogP contribution in [0.1, 0.15) is 0 Å². The van der Waals surface area contributed by atoms with Crippen LogP contribution in [0.15, 0.2) is 0 Å². The lowest BCUT2D eigenvalue weighted by Crippen LogP contribution is -2.65. The Balaban J connectivity index is 1.37. The highest BCUT2D eigenvalue weighted by Crippen LogP contribution is 2.30. The molecule has 4 saturated heterocycles. The number of hydrogen-bond acceptors (Lipinski definition) is 21. The largest absolute Gasteiger partial charge is 0.394 e. The van der Waals surface area contributed by atoms with Crippen LogP contribution in [-0.2, 0) is 33.2 Å². The molecule has 20 unspecified atom stereocenters. The van der Waals surface area contributed by atoms with Gasteiger partial charge in [-0.05, 0) is 0 Å². The van der Waals surface area contributed by atoms with Gasteiger partial charge in [0.05, 0.1) is 26.4 Å². The van der Waals surface area contributed by atoms with Gasteiger partial charge in [0.25, 0.3) is 0 Å². The number of aliphatic hydroxyl groups is 14. The summed E-state index contributed by atoms with van der Waals surface area (Å²) in [5, 5.41) is 142. The third kappa shape index (κ3) is 7.75. The molecule has 4 aliphatic rings. The minimum Gasteiger partial charge on any atom is -0.394 e. The summed E-state index contributed by atoms with van der Waals surface area (Å²) >= 11 is 0. The van der Waals surface area contributed by atoms with Crippen molar-refractivity contribution in [2.45, 2.75) is 123 Å². The van der Waals surface area contributed by atoms with Gasteiger partial charge in [0.15, 0.2) is 25.2 Å². The molecule has 4 aliphatic heterocycles. The Morgan fingerprint density at radius 1 is 0.378 bits per heavy atom. The molecular formula is C24H42O21. The summed E-state index contributed by atoms with van der Waals surface area (Å²) in [5.74, 6) is 0. The Morgan fingerprint density at radius 2 is 0.756 bits per heavy atom. The van der Waals surface area contributed by atoms with Gasteiger partial charge < -0.3 is 105 Å². The second kappa shape index (κ2) is 15.6. The molecule has 264 valence electrons. The average Bonchev–Trinajstić information content (AvgIpc) is 3.02. The van der Waals surface area contributed by atoms with Crippen molar-refractivity contribution >= 4 is 0 Å². The molecule has 0 aromatic carbocycles. The van der Waals surface area contributed by atoms with Gasteiger partial charge in [0.1, 0.15) is 97.7 Å². The highest BCUT2D eigenvalue weighted by atomic mass is 16.8. The molecule has 45 heavy (non-hydrogen) atoms. The van der Waals surface area contributed by atoms with Crippen molar-refractivity contribution in [1.29, 1.82) is 0 Å². The third-order valence-corrected chi connectivity index (χ3v) is 8.17. The fourth-order valence-electron chi connectivity index (χ4n) is 5.33. The zero-order valence-corrected chi connectivity index (χ0v) is 23.5. The maximum atomic E-state index is 10.5. The molecule has 14 N–H and O–H groups in total. The lowest BCUT2D eigenvalue weighted by molar-refractivity contribution is -0.364. The first-order valence-corrected chi connectivity index (χ1v) is 14.1. The van der Waals surface area contributed by atoms with Crippen LogP contribution >= 0.6 is 0 Å². The molecule has 21 nitrogen and oxygen atoms in total. The fraction of sp³-hybridized carbons (Fsp3) is 1.00. The topological polar surface area (TPSA) is 348 Å². The summed E-state index contributed by atoms with van der Waals surface area (Å²) in [6.45, 7) is -2.89. The van der Waals surface area contributed by atoms with Crippen molar-refractivity contribution < 1.29 is 105 Å². The van der Waals surface area contributed by atoms with Crippen LogP contribution in [0.25, 0.3) is 0 Å². The summed E-state index contributed by atoms with van der Waals surface area (Å²) in [4.78, 5) is 0. The van der Waals surface area contributed by atoms with Crippen LogP contribution in [0, 0.1) is 0 Å². The van der Waals surface area contributed by atoms with Gasteiger partial charge in [-0.1, -0.05) is 0 Å². The van der Waals surface area contributed by atoms with E-state index in [2.05, 4.69) is 0 Å². The monoisotopic (exact) mass is 666 g/mol. The Kier molecular flexibility index (Phi) is 12.8. The van der Waals surface area contributed by atoms with Crippen LogP contribution in [0.4, 0.5) is 0 Å². The standard InChI is InChI=1S/C24H42O21/c25-1-5-9(27)13(31)16(34)22(42-5)39-3-7-10(28)14(32)17(35)23(43-7)40-4-8-11(29)15(33)18(36)24(44-8)45-20-12(30)6(2-26)41-21(38)19(20)37/h5-38H,1-4H2. The molecule has 21 heteroatoms. The lowest BCUT2D eigenvalue weighted by Gasteiger charge is -2.46. The van der Waals surface area contributed by atoms with Gasteiger partial charge in [0, 0.05) is 0 Å². The third-order valence-electron chi connectivity index (χ3n) is 8.17. The van der Waals surface area contributed by atoms with E-state index in [1.807, 2.05) is 0 Å². The first kappa shape index (κ1) is 37.0. The average molecular weight is 667 g/mol. The maximum Gasteiger partial charge on any atom is 0.187 e. The van der Waals surface area contributed by atoms with Gasteiger partial charge >= 0.3 is 0 Å². The number of ether oxygens (including phenoxy) is 7. The molecule has 0 spiro atoms. The molecule has 4 rings (SSSR count). The van der Waals surface area contributed by atoms with Crippen molar-refractivity contribution in [2.24, 2.45) is 0 Å². The minimum atomic E-state index is -1.96. The van der Waals surface area contributed by atoms with Crippen molar-refractivity contribution in [3.63, 3.8) is 0 Å². The number of rotatable bonds is 10. The van der Waals surface area contributed by atoms with E-state index in [-0.39, 0.29) is 0 Å². The first-order chi connectivity index (χ1) is 21.2. The van der Waals surface area contributed by atoms with E-state index in [1.165, 1.54) is 0 Å². The number of aliphatic hydroxyl groups excluding tert-OH is 14. The Hall–Kier alpha value is -0.840. The van der Waals surface area contributed by atoms with E-state index in [0.717, 1.165) is 0 Å². The molecule has 0 amide bonds. The molecular weight excluding hydrogens is 624 g/mol. The molecule has 0 aromatic heterocycles. The van der Waals surface area contributed by atoms with E-state index in [1.54, 1.807) is 0 Å². The molecule has 0 aromatic rings. The van der Waals surface area contributed by atoms with Crippen molar-refractivity contribution in [2.75, 3.05) is 26.4 Å². The molecule has 0 radical (unpaired) electrons. The quantitative estimate of drug-likeness (QED) is 0.103. The maximum absolute atomic E-state index is 10.5. The smallest absolute Gasteiger partial charge is 0.187 e. The van der Waals surface area contributed by atoms with E-state index in [0.29, 0.717) is 0 Å². The predicted molar refractivity (Wildman–Crippen MR) is 134 cm³/mol. The van der Waals surface area contributed by atoms with Gasteiger partial charge in [-0.3, -0.25) is 0 Å². The Labute approximate surface area is 254 Å². The van der Waals surface area contributed by atoms with Crippen molar-refractivity contribution in [3.8, 4) is 0 Å². The fourth-order valence-corrected chi connectivity index (χ4v) is 5.33. The van der Waals surface area contributed by atoms with Crippen LogP contribution in [0.2, 0.25) is 0 Å². The van der Waals surface area contributed by atoms with Crippen LogP contribution in [0.5, 0.6) is 0 Å². The highest BCUT2D eigenvalue weighted by Gasteiger charge is 2.52. The van der Waals surface area contributed by atoms with Gasteiger partial charge in [-0.15, -0.1) is 0 Å². The van der Waals surface area contributed by atoms with Crippen LogP contribution in [-0.4, -0.2) is 221 Å². The van der Waals surface area contributed by atoms with E-state index >= 15 is 0 Å². The summed E-state index contributed by atoms with van der Waals surface area (Å²) in [7, 11) is 0. The van der Waals surface area contributed by atoms with E-state index in [4.69, 9.17) is 33.2 Å². The Bertz CT molecular complexity index is 916. The molecule has 0 aliphatic carbocycles. The molecule has 4 heterocycles. The van der Waals surface area contributed by atoms with Crippen molar-refractivity contribution in [1.82, 2.24) is 0 Å². The predicted octanol–water partition coefficient (Wildman–Crippen LogP) is -9.75. The SMILES string of the molecule is OCC1OC(OCC2OC(OCC3OC(OC4C(O)C(O)OC(CO)C4O)C(O)C(O)C3O)C(O)C(O)C2O)C(O)C(O)C1O. The second-order valence-corrected chi connectivity index (χ2v) is 11.2. The molecule has 0 bridgehead atoms. The highest BCUT2D eigenvalue weighted by molar-refractivity contribution is 4.95. The minimum absolute atomic E-state index is 0.646.